The van der Waals surface area contributed by atoms with E-state index < -0.39 is 0 Å². The Labute approximate surface area is 102 Å². The Kier molecular flexibility index (Phi) is 34.2. The summed E-state index contributed by atoms with van der Waals surface area (Å²) in [6.07, 6.45) is 10.3. The van der Waals surface area contributed by atoms with E-state index in [4.69, 9.17) is 0 Å². The van der Waals surface area contributed by atoms with E-state index in [1.165, 1.54) is 38.5 Å². The Morgan fingerprint density at radius 1 is 0.692 bits per heavy atom. The fourth-order valence-electron chi connectivity index (χ4n) is 0.780. The Morgan fingerprint density at radius 3 is 1.46 bits per heavy atom. The van der Waals surface area contributed by atoms with Gasteiger partial charge in [0.2, 0.25) is 0 Å². The van der Waals surface area contributed by atoms with Gasteiger partial charge in [0.05, 0.1) is 0 Å². The number of rotatable bonds is 6. The number of hydrogen-bond acceptors (Lipinski definition) is 0. The van der Waals surface area contributed by atoms with Gasteiger partial charge in [-0.05, 0) is 0 Å². The minimum absolute atomic E-state index is 0. The summed E-state index contributed by atoms with van der Waals surface area (Å²) in [7, 11) is 0. The van der Waals surface area contributed by atoms with Crippen molar-refractivity contribution in [2.45, 2.75) is 65.2 Å². The van der Waals surface area contributed by atoms with Gasteiger partial charge in [0, 0.05) is 23.1 Å². The van der Waals surface area contributed by atoms with Crippen LogP contribution in [0.5, 0.6) is 0 Å². The molecular weight excluding hydrogens is 168 g/mol. The van der Waals surface area contributed by atoms with Crippen LogP contribution in [0.25, 0.3) is 0 Å². The molecule has 76 valence electrons. The summed E-state index contributed by atoms with van der Waals surface area (Å²) >= 11 is 0. The Hall–Kier alpha value is 0.766. The molecule has 0 fully saturated rings. The van der Waals surface area contributed by atoms with E-state index in [0.717, 1.165) is 12.8 Å². The SMILES string of the molecule is [CH2]CCC.[CH2]CCCCCCC.[Mg]. The summed E-state index contributed by atoms with van der Waals surface area (Å²) in [4.78, 5) is 0. The van der Waals surface area contributed by atoms with Gasteiger partial charge in [-0.1, -0.05) is 79.1 Å². The summed E-state index contributed by atoms with van der Waals surface area (Å²) in [5.41, 5.74) is 0. The molecule has 0 heterocycles. The molecule has 4 radical (unpaired) electrons. The molecule has 0 nitrogen and oxygen atoms in total. The van der Waals surface area contributed by atoms with Gasteiger partial charge in [0.25, 0.3) is 0 Å². The molecule has 0 aromatic heterocycles. The van der Waals surface area contributed by atoms with Gasteiger partial charge in [0.1, 0.15) is 0 Å². The van der Waals surface area contributed by atoms with Gasteiger partial charge in [-0.15, -0.1) is 0 Å². The highest BCUT2D eigenvalue weighted by atomic mass is 24.3. The normalized spacial score (nSPS) is 8.31. The second-order valence-electron chi connectivity index (χ2n) is 3.12. The van der Waals surface area contributed by atoms with Crippen LogP contribution in [0, 0.1) is 13.8 Å². The molecule has 0 atom stereocenters. The first-order valence-corrected chi connectivity index (χ1v) is 5.41. The molecule has 0 aliphatic carbocycles. The molecule has 13 heavy (non-hydrogen) atoms. The van der Waals surface area contributed by atoms with Crippen LogP contribution in [0.4, 0.5) is 0 Å². The summed E-state index contributed by atoms with van der Waals surface area (Å²) in [6, 6.07) is 0. The monoisotopic (exact) mass is 194 g/mol. The minimum Gasteiger partial charge on any atom is -0.0654 e. The Bertz CT molecular complexity index is 45.1. The van der Waals surface area contributed by atoms with Crippen LogP contribution in [0.1, 0.15) is 65.2 Å². The average molecular weight is 195 g/mol. The van der Waals surface area contributed by atoms with Gasteiger partial charge in [-0.2, -0.15) is 0 Å². The first kappa shape index (κ1) is 19.4. The lowest BCUT2D eigenvalue weighted by atomic mass is 10.1. The van der Waals surface area contributed by atoms with Gasteiger partial charge >= 0.3 is 0 Å². The fraction of sp³-hybridized carbons (Fsp3) is 0.833. The van der Waals surface area contributed by atoms with Crippen molar-refractivity contribution in [3.8, 4) is 0 Å². The molecular formula is C12H26Mg. The lowest BCUT2D eigenvalue weighted by molar-refractivity contribution is 0.637. The molecule has 0 aromatic carbocycles. The average Bonchev–Trinajstić information content (AvgIpc) is 2.13. The second-order valence-corrected chi connectivity index (χ2v) is 3.12. The van der Waals surface area contributed by atoms with E-state index in [2.05, 4.69) is 27.7 Å². The van der Waals surface area contributed by atoms with E-state index in [-0.39, 0.29) is 23.1 Å². The predicted molar refractivity (Wildman–Crippen MR) is 64.8 cm³/mol. The molecule has 0 aliphatic heterocycles. The number of hydrogen-bond donors (Lipinski definition) is 0. The van der Waals surface area contributed by atoms with Gasteiger partial charge in [-0.3, -0.25) is 0 Å². The first-order chi connectivity index (χ1) is 5.83. The topological polar surface area (TPSA) is 0 Å². The van der Waals surface area contributed by atoms with Crippen molar-refractivity contribution in [1.82, 2.24) is 0 Å². The van der Waals surface area contributed by atoms with Crippen LogP contribution < -0.4 is 0 Å². The van der Waals surface area contributed by atoms with Crippen molar-refractivity contribution < 1.29 is 0 Å². The van der Waals surface area contributed by atoms with E-state index >= 15 is 0 Å². The zero-order valence-electron chi connectivity index (χ0n) is 9.78. The molecule has 1 heteroatoms. The van der Waals surface area contributed by atoms with E-state index in [0.29, 0.717) is 0 Å². The van der Waals surface area contributed by atoms with Crippen LogP contribution in [0.15, 0.2) is 0 Å². The number of unbranched alkanes of at least 4 members (excludes halogenated alkanes) is 6. The smallest absolute Gasteiger partial charge is 0 e. The summed E-state index contributed by atoms with van der Waals surface area (Å²) in [5.74, 6) is 0. The van der Waals surface area contributed by atoms with Crippen molar-refractivity contribution in [1.29, 1.82) is 0 Å². The van der Waals surface area contributed by atoms with E-state index in [9.17, 15) is 0 Å². The Morgan fingerprint density at radius 2 is 1.15 bits per heavy atom. The summed E-state index contributed by atoms with van der Waals surface area (Å²) in [6.45, 7) is 11.7. The molecule has 0 amide bonds. The van der Waals surface area contributed by atoms with Gasteiger partial charge in [0.15, 0.2) is 0 Å². The van der Waals surface area contributed by atoms with Crippen LogP contribution in [0.3, 0.4) is 0 Å². The first-order valence-electron chi connectivity index (χ1n) is 5.41. The zero-order chi connectivity index (χ0) is 9.66. The van der Waals surface area contributed by atoms with Crippen molar-refractivity contribution in [2.24, 2.45) is 0 Å². The third-order valence-corrected chi connectivity index (χ3v) is 1.71. The molecule has 0 aliphatic rings. The third-order valence-electron chi connectivity index (χ3n) is 1.71. The standard InChI is InChI=1S/C8H17.C4H9.Mg/c1-3-5-7-8-6-4-2;1-3-4-2;/h1,3-8H2,2H3;1,3-4H2,2H3;. The van der Waals surface area contributed by atoms with Gasteiger partial charge < -0.3 is 0 Å². The zero-order valence-corrected chi connectivity index (χ0v) is 11.2. The van der Waals surface area contributed by atoms with E-state index in [1.807, 2.05) is 0 Å². The third kappa shape index (κ3) is 32.3. The molecule has 0 saturated carbocycles. The predicted octanol–water partition coefficient (Wildman–Crippen LogP) is 4.42. The van der Waals surface area contributed by atoms with Crippen LogP contribution >= 0.6 is 0 Å². The molecule has 0 bridgehead atoms. The maximum Gasteiger partial charge on any atom is 0 e. The van der Waals surface area contributed by atoms with Crippen molar-refractivity contribution in [3.05, 3.63) is 13.8 Å². The highest BCUT2D eigenvalue weighted by Gasteiger charge is 1.83. The molecule has 0 aromatic rings. The fourth-order valence-corrected chi connectivity index (χ4v) is 0.780. The Balaban J connectivity index is -0.000000173. The lowest BCUT2D eigenvalue weighted by Gasteiger charge is -1.93. The molecule has 0 saturated heterocycles. The van der Waals surface area contributed by atoms with Crippen LogP contribution in [-0.4, -0.2) is 23.1 Å². The maximum absolute atomic E-state index is 3.78. The van der Waals surface area contributed by atoms with Crippen molar-refractivity contribution in [3.63, 3.8) is 0 Å². The highest BCUT2D eigenvalue weighted by Crippen LogP contribution is 2.03. The highest BCUT2D eigenvalue weighted by molar-refractivity contribution is 5.75. The molecule has 0 unspecified atom stereocenters. The lowest BCUT2D eigenvalue weighted by Crippen LogP contribution is -1.74. The van der Waals surface area contributed by atoms with Crippen LogP contribution in [-0.2, 0) is 0 Å². The quantitative estimate of drug-likeness (QED) is 0.434. The maximum atomic E-state index is 3.78. The molecule has 0 rings (SSSR count). The minimum atomic E-state index is 0. The van der Waals surface area contributed by atoms with Gasteiger partial charge in [-0.25, -0.2) is 0 Å². The molecule has 0 N–H and O–H groups in total. The molecule has 0 spiro atoms. The van der Waals surface area contributed by atoms with Crippen molar-refractivity contribution >= 4 is 23.1 Å². The largest absolute Gasteiger partial charge is 0.0654 e. The van der Waals surface area contributed by atoms with E-state index in [1.54, 1.807) is 0 Å². The second kappa shape index (κ2) is 23.0. The van der Waals surface area contributed by atoms with Crippen molar-refractivity contribution in [2.75, 3.05) is 0 Å². The summed E-state index contributed by atoms with van der Waals surface area (Å²) < 4.78 is 0. The summed E-state index contributed by atoms with van der Waals surface area (Å²) in [5, 5.41) is 0. The van der Waals surface area contributed by atoms with Crippen LogP contribution in [0.2, 0.25) is 0 Å².